The number of allylic oxidation sites excluding steroid dienone is 2. The summed E-state index contributed by atoms with van der Waals surface area (Å²) in [4.78, 5) is 13.0. The van der Waals surface area contributed by atoms with E-state index in [4.69, 9.17) is 5.73 Å². The molecule has 0 aromatic rings. The number of carbonyl (C=O) groups excluding carboxylic acids is 1. The van der Waals surface area contributed by atoms with E-state index in [1.54, 1.807) is 11.8 Å². The lowest BCUT2D eigenvalue weighted by molar-refractivity contribution is -0.121. The third-order valence-corrected chi connectivity index (χ3v) is 3.20. The highest BCUT2D eigenvalue weighted by Gasteiger charge is 2.32. The standard InChI is InChI=1S/C8H10N2OS/c9-8(11)6-5-12-7-3-1-2-4-10(6)7/h1-3,6H,4-5H2,(H2,9,11). The fraction of sp³-hybridized carbons (Fsp3) is 0.375. The molecule has 1 unspecified atom stereocenters. The fourth-order valence-corrected chi connectivity index (χ4v) is 2.63. The number of hydrogen-bond donors (Lipinski definition) is 1. The number of carbonyl (C=O) groups is 1. The number of hydrogen-bond acceptors (Lipinski definition) is 3. The molecule has 3 nitrogen and oxygen atoms in total. The van der Waals surface area contributed by atoms with Gasteiger partial charge in [-0.3, -0.25) is 4.79 Å². The maximum absolute atomic E-state index is 11.0. The Labute approximate surface area is 75.3 Å². The first-order chi connectivity index (χ1) is 5.79. The lowest BCUT2D eigenvalue weighted by Crippen LogP contribution is -2.41. The first-order valence-electron chi connectivity index (χ1n) is 3.84. The highest BCUT2D eigenvalue weighted by Crippen LogP contribution is 2.33. The molecule has 4 heteroatoms. The van der Waals surface area contributed by atoms with Gasteiger partial charge in [0.15, 0.2) is 0 Å². The monoisotopic (exact) mass is 182 g/mol. The fourth-order valence-electron chi connectivity index (χ4n) is 1.41. The van der Waals surface area contributed by atoms with Gasteiger partial charge < -0.3 is 10.6 Å². The van der Waals surface area contributed by atoms with Crippen molar-refractivity contribution in [1.82, 2.24) is 4.90 Å². The molecule has 1 amide bonds. The van der Waals surface area contributed by atoms with Crippen LogP contribution in [0.3, 0.4) is 0 Å². The van der Waals surface area contributed by atoms with Crippen LogP contribution in [0.4, 0.5) is 0 Å². The Morgan fingerprint density at radius 2 is 2.58 bits per heavy atom. The second kappa shape index (κ2) is 2.86. The maximum Gasteiger partial charge on any atom is 0.241 e. The van der Waals surface area contributed by atoms with Gasteiger partial charge in [0, 0.05) is 12.3 Å². The van der Waals surface area contributed by atoms with E-state index in [-0.39, 0.29) is 11.9 Å². The minimum atomic E-state index is -0.221. The van der Waals surface area contributed by atoms with E-state index in [2.05, 4.69) is 0 Å². The van der Waals surface area contributed by atoms with Gasteiger partial charge in [-0.15, -0.1) is 11.8 Å². The number of nitrogens with two attached hydrogens (primary N) is 1. The summed E-state index contributed by atoms with van der Waals surface area (Å²) in [6, 6.07) is -0.105. The first-order valence-corrected chi connectivity index (χ1v) is 4.83. The highest BCUT2D eigenvalue weighted by molar-refractivity contribution is 8.03. The minimum Gasteiger partial charge on any atom is -0.368 e. The van der Waals surface area contributed by atoms with E-state index in [0.29, 0.717) is 0 Å². The summed E-state index contributed by atoms with van der Waals surface area (Å²) in [6.07, 6.45) is 6.07. The minimum absolute atomic E-state index is 0.105. The van der Waals surface area contributed by atoms with Crippen LogP contribution in [0, 0.1) is 0 Å². The molecule has 0 saturated carbocycles. The Balaban J connectivity index is 2.20. The maximum atomic E-state index is 11.0. The van der Waals surface area contributed by atoms with E-state index < -0.39 is 0 Å². The second-order valence-corrected chi connectivity index (χ2v) is 3.85. The molecular formula is C8H10N2OS. The summed E-state index contributed by atoms with van der Waals surface area (Å²) in [5.41, 5.74) is 5.26. The molecule has 1 atom stereocenters. The summed E-state index contributed by atoms with van der Waals surface area (Å²) in [5.74, 6) is 0.573. The van der Waals surface area contributed by atoms with Crippen molar-refractivity contribution in [2.24, 2.45) is 5.73 Å². The largest absolute Gasteiger partial charge is 0.368 e. The summed E-state index contributed by atoms with van der Waals surface area (Å²) in [7, 11) is 0. The SMILES string of the molecule is NC(=O)C1CSC2=CC=CCN21. The molecule has 2 N–H and O–H groups in total. The molecule has 1 saturated heterocycles. The van der Waals surface area contributed by atoms with Crippen molar-refractivity contribution in [3.8, 4) is 0 Å². The quantitative estimate of drug-likeness (QED) is 0.634. The van der Waals surface area contributed by atoms with E-state index in [9.17, 15) is 4.79 Å². The van der Waals surface area contributed by atoms with E-state index >= 15 is 0 Å². The van der Waals surface area contributed by atoms with E-state index in [1.165, 1.54) is 5.03 Å². The molecule has 2 aliphatic heterocycles. The predicted molar refractivity (Wildman–Crippen MR) is 49.4 cm³/mol. The van der Waals surface area contributed by atoms with Crippen molar-refractivity contribution in [2.45, 2.75) is 6.04 Å². The topological polar surface area (TPSA) is 46.3 Å². The zero-order valence-electron chi connectivity index (χ0n) is 6.56. The van der Waals surface area contributed by atoms with E-state index in [1.807, 2.05) is 23.1 Å². The Morgan fingerprint density at radius 3 is 3.33 bits per heavy atom. The second-order valence-electron chi connectivity index (χ2n) is 2.81. The number of nitrogens with zero attached hydrogens (tertiary/aromatic N) is 1. The van der Waals surface area contributed by atoms with Crippen molar-refractivity contribution in [3.63, 3.8) is 0 Å². The lowest BCUT2D eigenvalue weighted by Gasteiger charge is -2.24. The van der Waals surface area contributed by atoms with Gasteiger partial charge in [0.25, 0.3) is 0 Å². The summed E-state index contributed by atoms with van der Waals surface area (Å²) in [6.45, 7) is 0.812. The number of amides is 1. The van der Waals surface area contributed by atoms with Crippen LogP contribution in [0.25, 0.3) is 0 Å². The Hall–Kier alpha value is -0.900. The van der Waals surface area contributed by atoms with Crippen LogP contribution in [0.15, 0.2) is 23.3 Å². The molecule has 64 valence electrons. The van der Waals surface area contributed by atoms with Gasteiger partial charge in [-0.25, -0.2) is 0 Å². The van der Waals surface area contributed by atoms with Crippen molar-refractivity contribution in [1.29, 1.82) is 0 Å². The summed E-state index contributed by atoms with van der Waals surface area (Å²) in [5, 5.41) is 1.17. The summed E-state index contributed by atoms with van der Waals surface area (Å²) < 4.78 is 0. The molecule has 0 radical (unpaired) electrons. The van der Waals surface area contributed by atoms with Gasteiger partial charge in [-0.1, -0.05) is 12.2 Å². The molecule has 0 aliphatic carbocycles. The van der Waals surface area contributed by atoms with Gasteiger partial charge in [-0.2, -0.15) is 0 Å². The van der Waals surface area contributed by atoms with Crippen molar-refractivity contribution in [3.05, 3.63) is 23.3 Å². The normalized spacial score (nSPS) is 26.8. The molecule has 12 heavy (non-hydrogen) atoms. The van der Waals surface area contributed by atoms with Gasteiger partial charge in [-0.05, 0) is 6.08 Å². The molecule has 2 rings (SSSR count). The Morgan fingerprint density at radius 1 is 1.75 bits per heavy atom. The van der Waals surface area contributed by atoms with Crippen LogP contribution in [-0.2, 0) is 4.79 Å². The zero-order chi connectivity index (χ0) is 8.55. The third kappa shape index (κ3) is 1.12. The lowest BCUT2D eigenvalue weighted by atomic mass is 10.2. The molecule has 0 aromatic carbocycles. The Kier molecular flexibility index (Phi) is 1.84. The molecule has 0 bridgehead atoms. The highest BCUT2D eigenvalue weighted by atomic mass is 32.2. The first kappa shape index (κ1) is 7.73. The van der Waals surface area contributed by atoms with Crippen LogP contribution in [-0.4, -0.2) is 29.1 Å². The van der Waals surface area contributed by atoms with Crippen LogP contribution in [0.1, 0.15) is 0 Å². The molecule has 1 fully saturated rings. The van der Waals surface area contributed by atoms with Crippen molar-refractivity contribution in [2.75, 3.05) is 12.3 Å². The molecule has 2 aliphatic rings. The smallest absolute Gasteiger partial charge is 0.241 e. The molecule has 0 spiro atoms. The average Bonchev–Trinajstić information content (AvgIpc) is 2.47. The van der Waals surface area contributed by atoms with Crippen molar-refractivity contribution < 1.29 is 4.79 Å². The molecule has 2 heterocycles. The zero-order valence-corrected chi connectivity index (χ0v) is 7.38. The molecular weight excluding hydrogens is 172 g/mol. The van der Waals surface area contributed by atoms with E-state index in [0.717, 1.165) is 12.3 Å². The van der Waals surface area contributed by atoms with Crippen LogP contribution >= 0.6 is 11.8 Å². The van der Waals surface area contributed by atoms with Gasteiger partial charge in [0.1, 0.15) is 6.04 Å². The molecule has 0 aromatic heterocycles. The van der Waals surface area contributed by atoms with Gasteiger partial charge in [0.2, 0.25) is 5.91 Å². The van der Waals surface area contributed by atoms with Crippen LogP contribution < -0.4 is 5.73 Å². The van der Waals surface area contributed by atoms with Crippen LogP contribution in [0.2, 0.25) is 0 Å². The van der Waals surface area contributed by atoms with Gasteiger partial charge >= 0.3 is 0 Å². The number of thioether (sulfide) groups is 1. The van der Waals surface area contributed by atoms with Crippen LogP contribution in [0.5, 0.6) is 0 Å². The number of fused-ring (bicyclic) bond motifs is 1. The number of primary amides is 1. The van der Waals surface area contributed by atoms with Gasteiger partial charge in [0.05, 0.1) is 5.03 Å². The Bertz CT molecular complexity index is 272. The summed E-state index contributed by atoms with van der Waals surface area (Å²) >= 11 is 1.70. The average molecular weight is 182 g/mol. The third-order valence-electron chi connectivity index (χ3n) is 2.05. The predicted octanol–water partition coefficient (Wildman–Crippen LogP) is 0.300. The number of rotatable bonds is 1. The van der Waals surface area contributed by atoms with Crippen molar-refractivity contribution >= 4 is 17.7 Å².